The van der Waals surface area contributed by atoms with Gasteiger partial charge in [0.1, 0.15) is 11.5 Å². The highest BCUT2D eigenvalue weighted by Gasteiger charge is 2.24. The van der Waals surface area contributed by atoms with Crippen molar-refractivity contribution in [3.05, 3.63) is 53.6 Å². The Morgan fingerprint density at radius 3 is 2.65 bits per heavy atom. The Morgan fingerprint density at radius 2 is 1.92 bits per heavy atom. The molecule has 1 unspecified atom stereocenters. The molecule has 0 bridgehead atoms. The van der Waals surface area contributed by atoms with Crippen LogP contribution in [0.4, 0.5) is 5.69 Å². The number of rotatable bonds is 5. The van der Waals surface area contributed by atoms with Crippen molar-refractivity contribution in [1.29, 1.82) is 0 Å². The molecule has 1 aliphatic carbocycles. The molecule has 0 saturated carbocycles. The van der Waals surface area contributed by atoms with Gasteiger partial charge in [-0.3, -0.25) is 14.7 Å². The summed E-state index contributed by atoms with van der Waals surface area (Å²) < 4.78 is 30.9. The van der Waals surface area contributed by atoms with Gasteiger partial charge in [-0.15, -0.1) is 0 Å². The first-order valence-electron chi connectivity index (χ1n) is 8.15. The number of hydrogen-bond donors (Lipinski definition) is 3. The van der Waals surface area contributed by atoms with E-state index in [4.69, 9.17) is 9.94 Å². The number of anilines is 1. The summed E-state index contributed by atoms with van der Waals surface area (Å²) in [6, 6.07) is 12.4. The van der Waals surface area contributed by atoms with Crippen LogP contribution in [-0.2, 0) is 27.7 Å². The van der Waals surface area contributed by atoms with Gasteiger partial charge < -0.3 is 4.74 Å². The first kappa shape index (κ1) is 18.2. The first-order valence-corrected chi connectivity index (χ1v) is 10.0. The van der Waals surface area contributed by atoms with Gasteiger partial charge in [-0.2, -0.15) is 0 Å². The van der Waals surface area contributed by atoms with Gasteiger partial charge in [0.2, 0.25) is 15.9 Å². The molecule has 7 nitrogen and oxygen atoms in total. The molecule has 1 amide bonds. The fraction of sp³-hybridized carbons (Fsp3) is 0.278. The Bertz CT molecular complexity index is 927. The molecule has 8 heteroatoms. The third-order valence-corrected chi connectivity index (χ3v) is 4.87. The van der Waals surface area contributed by atoms with Gasteiger partial charge in [0, 0.05) is 12.0 Å². The molecule has 3 rings (SSSR count). The maximum atomic E-state index is 11.6. The molecule has 26 heavy (non-hydrogen) atoms. The zero-order chi connectivity index (χ0) is 18.7. The van der Waals surface area contributed by atoms with Crippen LogP contribution in [0, 0.1) is 5.92 Å². The number of hydroxylamine groups is 1. The van der Waals surface area contributed by atoms with E-state index in [1.54, 1.807) is 29.7 Å². The van der Waals surface area contributed by atoms with Crippen molar-refractivity contribution in [1.82, 2.24) is 5.48 Å². The Kier molecular flexibility index (Phi) is 5.15. The van der Waals surface area contributed by atoms with E-state index in [0.29, 0.717) is 30.0 Å². The van der Waals surface area contributed by atoms with Gasteiger partial charge in [-0.25, -0.2) is 13.9 Å². The van der Waals surface area contributed by atoms with E-state index >= 15 is 0 Å². The van der Waals surface area contributed by atoms with Crippen molar-refractivity contribution in [3.8, 4) is 11.5 Å². The van der Waals surface area contributed by atoms with Crippen molar-refractivity contribution >= 4 is 21.6 Å². The zero-order valence-corrected chi connectivity index (χ0v) is 15.0. The Balaban J connectivity index is 1.74. The fourth-order valence-corrected chi connectivity index (χ4v) is 3.64. The van der Waals surface area contributed by atoms with Crippen molar-refractivity contribution in [2.24, 2.45) is 5.92 Å². The molecule has 1 aliphatic rings. The van der Waals surface area contributed by atoms with Crippen LogP contribution >= 0.6 is 0 Å². The van der Waals surface area contributed by atoms with Crippen LogP contribution in [0.1, 0.15) is 17.5 Å². The lowest BCUT2D eigenvalue weighted by molar-refractivity contribution is -0.133. The molecule has 2 aromatic rings. The summed E-state index contributed by atoms with van der Waals surface area (Å²) >= 11 is 0. The lowest BCUT2D eigenvalue weighted by Gasteiger charge is -2.23. The lowest BCUT2D eigenvalue weighted by atomic mass is 9.83. The minimum Gasteiger partial charge on any atom is -0.457 e. The van der Waals surface area contributed by atoms with Crippen LogP contribution in [-0.4, -0.2) is 25.8 Å². The number of hydrogen-bond acceptors (Lipinski definition) is 5. The monoisotopic (exact) mass is 376 g/mol. The van der Waals surface area contributed by atoms with Crippen LogP contribution in [0.3, 0.4) is 0 Å². The molecule has 0 spiro atoms. The summed E-state index contributed by atoms with van der Waals surface area (Å²) in [5.41, 5.74) is 4.32. The zero-order valence-electron chi connectivity index (χ0n) is 14.2. The smallest absolute Gasteiger partial charge is 0.246 e. The predicted octanol–water partition coefficient (Wildman–Crippen LogP) is 2.46. The number of sulfonamides is 1. The van der Waals surface area contributed by atoms with E-state index in [1.807, 2.05) is 18.2 Å². The van der Waals surface area contributed by atoms with Gasteiger partial charge in [-0.1, -0.05) is 12.1 Å². The number of carbonyl (C=O) groups excluding carboxylic acids is 1. The van der Waals surface area contributed by atoms with Gasteiger partial charge >= 0.3 is 0 Å². The highest BCUT2D eigenvalue weighted by atomic mass is 32.2. The summed E-state index contributed by atoms with van der Waals surface area (Å²) in [4.78, 5) is 11.6. The van der Waals surface area contributed by atoms with Gasteiger partial charge in [0.05, 0.1) is 11.9 Å². The van der Waals surface area contributed by atoms with Crippen LogP contribution < -0.4 is 14.9 Å². The molecule has 3 N–H and O–H groups in total. The number of aryl methyl sites for hydroxylation is 1. The molecular weight excluding hydrogens is 356 g/mol. The summed E-state index contributed by atoms with van der Waals surface area (Å²) in [5, 5.41) is 8.77. The van der Waals surface area contributed by atoms with E-state index in [9.17, 15) is 13.2 Å². The number of fused-ring (bicyclic) bond motifs is 1. The van der Waals surface area contributed by atoms with E-state index < -0.39 is 10.0 Å². The van der Waals surface area contributed by atoms with Crippen LogP contribution in [0.2, 0.25) is 0 Å². The third-order valence-electron chi connectivity index (χ3n) is 4.26. The molecule has 0 aliphatic heterocycles. The molecule has 1 atom stereocenters. The molecule has 0 radical (unpaired) electrons. The Labute approximate surface area is 152 Å². The first-order chi connectivity index (χ1) is 12.3. The molecule has 0 heterocycles. The summed E-state index contributed by atoms with van der Waals surface area (Å²) in [7, 11) is -3.35. The number of amides is 1. The standard InChI is InChI=1S/C18H20N2O5S/c1-26(23,24)20-15-3-2-4-16(11-15)25-17-8-7-12-9-14(18(21)19-22)6-5-13(12)10-17/h2-4,7-8,10-11,14,20,22H,5-6,9H2,1H3,(H,19,21). The van der Waals surface area contributed by atoms with E-state index in [0.717, 1.165) is 23.8 Å². The van der Waals surface area contributed by atoms with Crippen LogP contribution in [0.25, 0.3) is 0 Å². The van der Waals surface area contributed by atoms with Crippen molar-refractivity contribution in [2.75, 3.05) is 11.0 Å². The second kappa shape index (κ2) is 7.35. The summed E-state index contributed by atoms with van der Waals surface area (Å²) in [6.07, 6.45) is 3.06. The van der Waals surface area contributed by atoms with Crippen molar-refractivity contribution in [2.45, 2.75) is 19.3 Å². The van der Waals surface area contributed by atoms with Crippen molar-refractivity contribution < 1.29 is 23.2 Å². The topological polar surface area (TPSA) is 105 Å². The van der Waals surface area contributed by atoms with E-state index in [-0.39, 0.29) is 11.8 Å². The molecule has 0 saturated heterocycles. The predicted molar refractivity (Wildman–Crippen MR) is 96.9 cm³/mol. The number of benzene rings is 2. The lowest BCUT2D eigenvalue weighted by Crippen LogP contribution is -2.31. The minimum atomic E-state index is -3.35. The van der Waals surface area contributed by atoms with E-state index in [1.165, 1.54) is 0 Å². The number of nitrogens with one attached hydrogen (secondary N) is 2. The highest BCUT2D eigenvalue weighted by molar-refractivity contribution is 7.92. The van der Waals surface area contributed by atoms with Gasteiger partial charge in [0.15, 0.2) is 0 Å². The SMILES string of the molecule is CS(=O)(=O)Nc1cccc(Oc2ccc3c(c2)CCC(C(=O)NO)C3)c1. The number of carbonyl (C=O) groups is 1. The van der Waals surface area contributed by atoms with Crippen molar-refractivity contribution in [3.63, 3.8) is 0 Å². The maximum Gasteiger partial charge on any atom is 0.246 e. The fourth-order valence-electron chi connectivity index (χ4n) is 3.08. The summed E-state index contributed by atoms with van der Waals surface area (Å²) in [6.45, 7) is 0. The molecule has 0 aromatic heterocycles. The number of ether oxygens (including phenoxy) is 1. The van der Waals surface area contributed by atoms with Crippen LogP contribution in [0.5, 0.6) is 11.5 Å². The quantitative estimate of drug-likeness (QED) is 0.549. The average Bonchev–Trinajstić information content (AvgIpc) is 2.59. The Hall–Kier alpha value is -2.58. The third kappa shape index (κ3) is 4.53. The minimum absolute atomic E-state index is 0.224. The molecule has 0 fully saturated rings. The normalized spacial score (nSPS) is 16.5. The second-order valence-corrected chi connectivity index (χ2v) is 8.10. The van der Waals surface area contributed by atoms with Crippen LogP contribution in [0.15, 0.2) is 42.5 Å². The molecular formula is C18H20N2O5S. The highest BCUT2D eigenvalue weighted by Crippen LogP contribution is 2.31. The summed E-state index contributed by atoms with van der Waals surface area (Å²) in [5.74, 6) is 0.585. The second-order valence-electron chi connectivity index (χ2n) is 6.35. The largest absolute Gasteiger partial charge is 0.457 e. The van der Waals surface area contributed by atoms with Gasteiger partial charge in [0.25, 0.3) is 0 Å². The Morgan fingerprint density at radius 1 is 1.15 bits per heavy atom. The average molecular weight is 376 g/mol. The van der Waals surface area contributed by atoms with E-state index in [2.05, 4.69) is 4.72 Å². The molecule has 138 valence electrons. The molecule has 2 aromatic carbocycles. The van der Waals surface area contributed by atoms with Gasteiger partial charge in [-0.05, 0) is 54.7 Å². The maximum absolute atomic E-state index is 11.6.